The highest BCUT2D eigenvalue weighted by Gasteiger charge is 2.27. The summed E-state index contributed by atoms with van der Waals surface area (Å²) in [4.78, 5) is 2.35. The van der Waals surface area contributed by atoms with E-state index in [-0.39, 0.29) is 0 Å². The molecule has 0 aromatic heterocycles. The zero-order valence-corrected chi connectivity index (χ0v) is 14.1. The van der Waals surface area contributed by atoms with Crippen molar-refractivity contribution < 1.29 is 0 Å². The lowest BCUT2D eigenvalue weighted by molar-refractivity contribution is 0.220. The molecule has 1 aliphatic rings. The Morgan fingerprint density at radius 1 is 1.10 bits per heavy atom. The van der Waals surface area contributed by atoms with Crippen molar-refractivity contribution in [3.8, 4) is 0 Å². The summed E-state index contributed by atoms with van der Waals surface area (Å²) in [6.07, 6.45) is 3.67. The van der Waals surface area contributed by atoms with Crippen LogP contribution in [0.1, 0.15) is 40.0 Å². The van der Waals surface area contributed by atoms with Crippen molar-refractivity contribution >= 4 is 34.6 Å². The number of nitrogens with two attached hydrogens (primary N) is 1. The number of halogens is 2. The van der Waals surface area contributed by atoms with E-state index in [1.807, 2.05) is 6.07 Å². The van der Waals surface area contributed by atoms with Crippen LogP contribution in [0.25, 0.3) is 0 Å². The molecule has 2 nitrogen and oxygen atoms in total. The molecule has 0 saturated carbocycles. The Hall–Kier alpha value is -0.600. The van der Waals surface area contributed by atoms with E-state index in [9.17, 15) is 0 Å². The summed E-state index contributed by atoms with van der Waals surface area (Å²) in [7, 11) is 0. The maximum absolute atomic E-state index is 6.13. The first-order valence-electron chi connectivity index (χ1n) is 7.28. The SMILES string of the molecule is CC(C)(C)C1CCCN(c2cc(Cl)c(Cl)cc2N)CC1. The summed E-state index contributed by atoms with van der Waals surface area (Å²) in [6, 6.07) is 3.65. The summed E-state index contributed by atoms with van der Waals surface area (Å²) in [5.74, 6) is 0.761. The van der Waals surface area contributed by atoms with Crippen LogP contribution in [0.4, 0.5) is 11.4 Å². The summed E-state index contributed by atoms with van der Waals surface area (Å²) < 4.78 is 0. The number of anilines is 2. The minimum atomic E-state index is 0.374. The van der Waals surface area contributed by atoms with E-state index in [4.69, 9.17) is 28.9 Å². The molecule has 1 unspecified atom stereocenters. The molecule has 1 aliphatic heterocycles. The Bertz CT molecular complexity index is 480. The van der Waals surface area contributed by atoms with Gasteiger partial charge < -0.3 is 10.6 Å². The molecule has 1 atom stereocenters. The van der Waals surface area contributed by atoms with E-state index in [0.717, 1.165) is 24.7 Å². The van der Waals surface area contributed by atoms with Crippen LogP contribution in [-0.4, -0.2) is 13.1 Å². The van der Waals surface area contributed by atoms with Gasteiger partial charge in [0, 0.05) is 13.1 Å². The van der Waals surface area contributed by atoms with Crippen LogP contribution in [0.5, 0.6) is 0 Å². The highest BCUT2D eigenvalue weighted by Crippen LogP contribution is 2.38. The highest BCUT2D eigenvalue weighted by molar-refractivity contribution is 6.42. The van der Waals surface area contributed by atoms with Gasteiger partial charge in [-0.1, -0.05) is 44.0 Å². The molecule has 0 amide bonds. The Morgan fingerprint density at radius 2 is 1.75 bits per heavy atom. The lowest BCUT2D eigenvalue weighted by Gasteiger charge is -2.30. The number of hydrogen-bond donors (Lipinski definition) is 1. The molecule has 0 aliphatic carbocycles. The maximum atomic E-state index is 6.13. The van der Waals surface area contributed by atoms with Crippen LogP contribution < -0.4 is 10.6 Å². The van der Waals surface area contributed by atoms with E-state index in [2.05, 4.69) is 25.7 Å². The van der Waals surface area contributed by atoms with E-state index in [1.54, 1.807) is 6.07 Å². The van der Waals surface area contributed by atoms with Crippen LogP contribution in [0.15, 0.2) is 12.1 Å². The summed E-state index contributed by atoms with van der Waals surface area (Å²) in [5.41, 5.74) is 8.22. The third-order valence-electron chi connectivity index (χ3n) is 4.36. The number of benzene rings is 1. The fourth-order valence-electron chi connectivity index (χ4n) is 3.03. The van der Waals surface area contributed by atoms with Gasteiger partial charge in [-0.05, 0) is 42.7 Å². The fraction of sp³-hybridized carbons (Fsp3) is 0.625. The first-order chi connectivity index (χ1) is 9.29. The van der Waals surface area contributed by atoms with E-state index in [0.29, 0.717) is 21.1 Å². The van der Waals surface area contributed by atoms with Gasteiger partial charge in [-0.2, -0.15) is 0 Å². The largest absolute Gasteiger partial charge is 0.397 e. The second kappa shape index (κ2) is 6.03. The van der Waals surface area contributed by atoms with Gasteiger partial charge in [-0.25, -0.2) is 0 Å². The molecule has 112 valence electrons. The molecule has 4 heteroatoms. The lowest BCUT2D eigenvalue weighted by Crippen LogP contribution is -2.26. The monoisotopic (exact) mass is 314 g/mol. The zero-order chi connectivity index (χ0) is 14.9. The van der Waals surface area contributed by atoms with Crippen LogP contribution in [0, 0.1) is 11.3 Å². The smallest absolute Gasteiger partial charge is 0.0615 e. The van der Waals surface area contributed by atoms with Gasteiger partial charge >= 0.3 is 0 Å². The van der Waals surface area contributed by atoms with Crippen LogP contribution in [-0.2, 0) is 0 Å². The predicted octanol–water partition coefficient (Wildman–Crippen LogP) is 5.23. The van der Waals surface area contributed by atoms with Gasteiger partial charge in [-0.3, -0.25) is 0 Å². The number of rotatable bonds is 1. The molecule has 2 N–H and O–H groups in total. The molecule has 1 aromatic rings. The third kappa shape index (κ3) is 3.53. The van der Waals surface area contributed by atoms with Crippen LogP contribution >= 0.6 is 23.2 Å². The molecular formula is C16H24Cl2N2. The van der Waals surface area contributed by atoms with E-state index >= 15 is 0 Å². The first kappa shape index (κ1) is 15.8. The van der Waals surface area contributed by atoms with Crippen molar-refractivity contribution in [3.05, 3.63) is 22.2 Å². The fourth-order valence-corrected chi connectivity index (χ4v) is 3.36. The summed E-state index contributed by atoms with van der Waals surface area (Å²) in [5, 5.41) is 1.10. The molecule has 1 heterocycles. The van der Waals surface area contributed by atoms with Gasteiger partial charge in [0.2, 0.25) is 0 Å². The Morgan fingerprint density at radius 3 is 2.40 bits per heavy atom. The average molecular weight is 315 g/mol. The number of hydrogen-bond acceptors (Lipinski definition) is 2. The predicted molar refractivity (Wildman–Crippen MR) is 89.9 cm³/mol. The van der Waals surface area contributed by atoms with E-state index < -0.39 is 0 Å². The van der Waals surface area contributed by atoms with Crippen molar-refractivity contribution in [1.82, 2.24) is 0 Å². The van der Waals surface area contributed by atoms with Crippen molar-refractivity contribution in [2.75, 3.05) is 23.7 Å². The zero-order valence-electron chi connectivity index (χ0n) is 12.5. The van der Waals surface area contributed by atoms with Crippen LogP contribution in [0.3, 0.4) is 0 Å². The summed E-state index contributed by atoms with van der Waals surface area (Å²) >= 11 is 12.1. The molecule has 0 spiro atoms. The van der Waals surface area contributed by atoms with Crippen molar-refractivity contribution in [1.29, 1.82) is 0 Å². The van der Waals surface area contributed by atoms with Gasteiger partial charge in [0.05, 0.1) is 21.4 Å². The average Bonchev–Trinajstić information content (AvgIpc) is 2.59. The topological polar surface area (TPSA) is 29.3 Å². The van der Waals surface area contributed by atoms with Gasteiger partial charge in [0.1, 0.15) is 0 Å². The minimum Gasteiger partial charge on any atom is -0.397 e. The number of nitrogen functional groups attached to an aromatic ring is 1. The Kier molecular flexibility index (Phi) is 4.76. The normalized spacial score (nSPS) is 20.9. The molecule has 1 saturated heterocycles. The van der Waals surface area contributed by atoms with Crippen molar-refractivity contribution in [2.45, 2.75) is 40.0 Å². The molecule has 0 radical (unpaired) electrons. The van der Waals surface area contributed by atoms with Crippen molar-refractivity contribution in [3.63, 3.8) is 0 Å². The highest BCUT2D eigenvalue weighted by atomic mass is 35.5. The Balaban J connectivity index is 2.17. The quantitative estimate of drug-likeness (QED) is 0.719. The first-order valence-corrected chi connectivity index (χ1v) is 8.04. The van der Waals surface area contributed by atoms with Gasteiger partial charge in [0.15, 0.2) is 0 Å². The summed E-state index contributed by atoms with van der Waals surface area (Å²) in [6.45, 7) is 9.07. The second-order valence-corrected chi connectivity index (χ2v) is 7.62. The molecule has 1 aromatic carbocycles. The van der Waals surface area contributed by atoms with Gasteiger partial charge in [0.25, 0.3) is 0 Å². The maximum Gasteiger partial charge on any atom is 0.0615 e. The second-order valence-electron chi connectivity index (χ2n) is 6.81. The third-order valence-corrected chi connectivity index (χ3v) is 5.09. The van der Waals surface area contributed by atoms with Crippen LogP contribution in [0.2, 0.25) is 10.0 Å². The standard InChI is InChI=1S/C16H24Cl2N2/c1-16(2,3)11-5-4-7-20(8-6-11)15-10-13(18)12(17)9-14(15)19/h9-11H,4-8,19H2,1-3H3. The lowest BCUT2D eigenvalue weighted by atomic mass is 9.77. The molecule has 0 bridgehead atoms. The van der Waals surface area contributed by atoms with Crippen molar-refractivity contribution in [2.24, 2.45) is 11.3 Å². The molecule has 2 rings (SSSR count). The molecular weight excluding hydrogens is 291 g/mol. The molecule has 1 fully saturated rings. The Labute approximate surface area is 132 Å². The minimum absolute atomic E-state index is 0.374. The number of nitrogens with zero attached hydrogens (tertiary/aromatic N) is 1. The van der Waals surface area contributed by atoms with Gasteiger partial charge in [-0.15, -0.1) is 0 Å². The van der Waals surface area contributed by atoms with E-state index in [1.165, 1.54) is 19.3 Å². The molecule has 20 heavy (non-hydrogen) atoms.